The highest BCUT2D eigenvalue weighted by Gasteiger charge is 2.25. The summed E-state index contributed by atoms with van der Waals surface area (Å²) in [7, 11) is 0. The van der Waals surface area contributed by atoms with E-state index in [-0.39, 0.29) is 19.6 Å². The van der Waals surface area contributed by atoms with Gasteiger partial charge in [0, 0.05) is 25.1 Å². The van der Waals surface area contributed by atoms with Crippen molar-refractivity contribution in [3.05, 3.63) is 23.7 Å². The smallest absolute Gasteiger partial charge is 0.389 e. The Morgan fingerprint density at radius 3 is 2.69 bits per heavy atom. The largest absolute Gasteiger partial charge is 0.467 e. The van der Waals surface area contributed by atoms with Crippen molar-refractivity contribution in [3.8, 4) is 0 Å². The summed E-state index contributed by atoms with van der Waals surface area (Å²) in [4.78, 5) is 0. The molecule has 0 amide bonds. The quantitative estimate of drug-likeness (QED) is 0.773. The first-order valence-electron chi connectivity index (χ1n) is 4.92. The van der Waals surface area contributed by atoms with Gasteiger partial charge in [-0.25, -0.2) is 0 Å². The normalized spacial score (nSPS) is 12.0. The fourth-order valence-electron chi connectivity index (χ4n) is 1.16. The number of ether oxygens (including phenoxy) is 1. The van der Waals surface area contributed by atoms with Gasteiger partial charge in [0.15, 0.2) is 0 Å². The number of nitrogens with two attached hydrogens (primary N) is 1. The zero-order chi connectivity index (χ0) is 12.0. The summed E-state index contributed by atoms with van der Waals surface area (Å²) >= 11 is 0. The van der Waals surface area contributed by atoms with Gasteiger partial charge in [-0.2, -0.15) is 13.2 Å². The number of halogens is 3. The summed E-state index contributed by atoms with van der Waals surface area (Å²) < 4.78 is 45.4. The molecule has 1 rings (SSSR count). The van der Waals surface area contributed by atoms with E-state index in [1.807, 2.05) is 0 Å². The first-order chi connectivity index (χ1) is 7.51. The van der Waals surface area contributed by atoms with Crippen molar-refractivity contribution in [1.82, 2.24) is 0 Å². The van der Waals surface area contributed by atoms with Crippen LogP contribution in [0.2, 0.25) is 0 Å². The Morgan fingerprint density at radius 1 is 1.38 bits per heavy atom. The van der Waals surface area contributed by atoms with Gasteiger partial charge in [0.25, 0.3) is 0 Å². The summed E-state index contributed by atoms with van der Waals surface area (Å²) in [5, 5.41) is 0. The number of furan rings is 1. The lowest BCUT2D eigenvalue weighted by atomic mass is 10.3. The predicted molar refractivity (Wildman–Crippen MR) is 51.5 cm³/mol. The fraction of sp³-hybridized carbons (Fsp3) is 0.600. The lowest BCUT2D eigenvalue weighted by molar-refractivity contribution is -0.138. The fourth-order valence-corrected chi connectivity index (χ4v) is 1.16. The average Bonchev–Trinajstić information content (AvgIpc) is 2.63. The van der Waals surface area contributed by atoms with Crippen LogP contribution in [0.3, 0.4) is 0 Å². The van der Waals surface area contributed by atoms with Crippen LogP contribution in [0.4, 0.5) is 13.2 Å². The van der Waals surface area contributed by atoms with Gasteiger partial charge in [0.1, 0.15) is 12.4 Å². The molecule has 0 bridgehead atoms. The minimum Gasteiger partial charge on any atom is -0.467 e. The van der Waals surface area contributed by atoms with Crippen molar-refractivity contribution >= 4 is 0 Å². The van der Waals surface area contributed by atoms with E-state index in [1.165, 1.54) is 6.26 Å². The Balaban J connectivity index is 2.11. The number of hydrogen-bond donors (Lipinski definition) is 1. The van der Waals surface area contributed by atoms with Crippen molar-refractivity contribution in [2.75, 3.05) is 6.61 Å². The van der Waals surface area contributed by atoms with Crippen LogP contribution in [0.5, 0.6) is 0 Å². The van der Waals surface area contributed by atoms with Crippen molar-refractivity contribution in [1.29, 1.82) is 0 Å². The van der Waals surface area contributed by atoms with Gasteiger partial charge in [-0.1, -0.05) is 0 Å². The van der Waals surface area contributed by atoms with Gasteiger partial charge in [0.05, 0.1) is 6.26 Å². The molecule has 0 aliphatic carbocycles. The van der Waals surface area contributed by atoms with E-state index >= 15 is 0 Å². The SMILES string of the molecule is NCc1coc(COCCCC(F)(F)F)c1. The number of hydrogen-bond acceptors (Lipinski definition) is 3. The molecule has 3 nitrogen and oxygen atoms in total. The second-order valence-corrected chi connectivity index (χ2v) is 3.40. The van der Waals surface area contributed by atoms with Gasteiger partial charge < -0.3 is 14.9 Å². The topological polar surface area (TPSA) is 48.4 Å². The molecular weight excluding hydrogens is 223 g/mol. The molecule has 0 fully saturated rings. The molecule has 1 heterocycles. The van der Waals surface area contributed by atoms with Crippen LogP contribution >= 0.6 is 0 Å². The third-order valence-electron chi connectivity index (χ3n) is 1.94. The van der Waals surface area contributed by atoms with E-state index in [0.717, 1.165) is 5.56 Å². The molecule has 0 radical (unpaired) electrons. The van der Waals surface area contributed by atoms with Crippen LogP contribution in [0.25, 0.3) is 0 Å². The van der Waals surface area contributed by atoms with Gasteiger partial charge in [-0.05, 0) is 12.5 Å². The first-order valence-corrected chi connectivity index (χ1v) is 4.92. The Morgan fingerprint density at radius 2 is 2.12 bits per heavy atom. The van der Waals surface area contributed by atoms with Crippen LogP contribution in [0.15, 0.2) is 16.7 Å². The molecule has 0 saturated carbocycles. The van der Waals surface area contributed by atoms with E-state index in [1.54, 1.807) is 6.07 Å². The summed E-state index contributed by atoms with van der Waals surface area (Å²) in [6, 6.07) is 1.73. The van der Waals surface area contributed by atoms with Crippen LogP contribution in [0.1, 0.15) is 24.2 Å². The highest BCUT2D eigenvalue weighted by Crippen LogP contribution is 2.21. The van der Waals surface area contributed by atoms with E-state index < -0.39 is 12.6 Å². The Labute approximate surface area is 91.4 Å². The Hall–Kier alpha value is -1.01. The maximum Gasteiger partial charge on any atom is 0.389 e. The Kier molecular flexibility index (Phi) is 4.82. The maximum atomic E-state index is 11.8. The molecule has 1 aromatic rings. The molecule has 92 valence electrons. The molecule has 0 aliphatic heterocycles. The van der Waals surface area contributed by atoms with Gasteiger partial charge in [-0.3, -0.25) is 0 Å². The van der Waals surface area contributed by atoms with Crippen LogP contribution in [-0.4, -0.2) is 12.8 Å². The predicted octanol–water partition coefficient (Wildman–Crippen LogP) is 2.60. The summed E-state index contributed by atoms with van der Waals surface area (Å²) in [5.41, 5.74) is 6.20. The van der Waals surface area contributed by atoms with Crippen LogP contribution < -0.4 is 5.73 Å². The third kappa shape index (κ3) is 5.18. The molecule has 16 heavy (non-hydrogen) atoms. The van der Waals surface area contributed by atoms with Crippen molar-refractivity contribution in [2.45, 2.75) is 32.2 Å². The maximum absolute atomic E-state index is 11.8. The van der Waals surface area contributed by atoms with Crippen LogP contribution in [-0.2, 0) is 17.9 Å². The van der Waals surface area contributed by atoms with E-state index in [0.29, 0.717) is 12.3 Å². The van der Waals surface area contributed by atoms with E-state index in [2.05, 4.69) is 0 Å². The van der Waals surface area contributed by atoms with Crippen LogP contribution in [0, 0.1) is 0 Å². The van der Waals surface area contributed by atoms with Gasteiger partial charge >= 0.3 is 6.18 Å². The molecule has 0 aromatic carbocycles. The van der Waals surface area contributed by atoms with Gasteiger partial charge in [-0.15, -0.1) is 0 Å². The second kappa shape index (κ2) is 5.91. The zero-order valence-electron chi connectivity index (χ0n) is 8.72. The molecule has 6 heteroatoms. The molecule has 0 unspecified atom stereocenters. The standard InChI is InChI=1S/C10H14F3NO2/c11-10(12,13)2-1-3-15-7-9-4-8(5-14)6-16-9/h4,6H,1-3,5,7,14H2. The lowest BCUT2D eigenvalue weighted by Crippen LogP contribution is -2.08. The zero-order valence-corrected chi connectivity index (χ0v) is 8.72. The first kappa shape index (κ1) is 13.1. The number of rotatable bonds is 6. The monoisotopic (exact) mass is 237 g/mol. The molecule has 0 spiro atoms. The Bertz CT molecular complexity index is 309. The van der Waals surface area contributed by atoms with Crippen molar-refractivity contribution in [2.24, 2.45) is 5.73 Å². The summed E-state index contributed by atoms with van der Waals surface area (Å²) in [5.74, 6) is 0.576. The van der Waals surface area contributed by atoms with E-state index in [4.69, 9.17) is 14.9 Å². The van der Waals surface area contributed by atoms with Crippen molar-refractivity contribution in [3.63, 3.8) is 0 Å². The minimum atomic E-state index is -4.11. The summed E-state index contributed by atoms with van der Waals surface area (Å²) in [6.07, 6.45) is -3.46. The third-order valence-corrected chi connectivity index (χ3v) is 1.94. The molecule has 0 saturated heterocycles. The molecule has 0 aliphatic rings. The van der Waals surface area contributed by atoms with Crippen molar-refractivity contribution < 1.29 is 22.3 Å². The average molecular weight is 237 g/mol. The number of alkyl halides is 3. The molecule has 0 atom stereocenters. The molecule has 2 N–H and O–H groups in total. The van der Waals surface area contributed by atoms with E-state index in [9.17, 15) is 13.2 Å². The molecule has 1 aromatic heterocycles. The minimum absolute atomic E-state index is 0.0338. The summed E-state index contributed by atoms with van der Waals surface area (Å²) in [6.45, 7) is 0.619. The van der Waals surface area contributed by atoms with Gasteiger partial charge in [0.2, 0.25) is 0 Å². The lowest BCUT2D eigenvalue weighted by Gasteiger charge is -2.05. The highest BCUT2D eigenvalue weighted by atomic mass is 19.4. The highest BCUT2D eigenvalue weighted by molar-refractivity contribution is 5.11. The molecular formula is C10H14F3NO2. The second-order valence-electron chi connectivity index (χ2n) is 3.40.